The van der Waals surface area contributed by atoms with Crippen molar-refractivity contribution in [1.82, 2.24) is 14.9 Å². The third-order valence-corrected chi connectivity index (χ3v) is 4.24. The van der Waals surface area contributed by atoms with E-state index in [1.54, 1.807) is 18.0 Å². The van der Waals surface area contributed by atoms with E-state index in [4.69, 9.17) is 17.0 Å². The van der Waals surface area contributed by atoms with Crippen LogP contribution in [-0.4, -0.2) is 42.3 Å². The molecule has 0 saturated carbocycles. The van der Waals surface area contributed by atoms with Gasteiger partial charge in [-0.1, -0.05) is 18.2 Å². The van der Waals surface area contributed by atoms with Gasteiger partial charge in [0, 0.05) is 37.1 Å². The quantitative estimate of drug-likeness (QED) is 0.514. The number of benzene rings is 2. The minimum Gasteiger partial charge on any atom is -0.496 e. The standard InChI is InChI=1S/C20H21N5OS/c1-24(2)17-12-10-16(11-13-17)19-22-23-20(27)25(19)21-14-6-8-15-7-4-5-9-18(15)26-3/h4-14H,1-3H3,(H,23,27). The molecule has 6 nitrogen and oxygen atoms in total. The molecule has 7 heteroatoms. The number of anilines is 1. The maximum atomic E-state index is 5.33. The Hall–Kier alpha value is -3.19. The van der Waals surface area contributed by atoms with E-state index >= 15 is 0 Å². The fraction of sp³-hybridized carbons (Fsp3) is 0.150. The molecule has 0 aliphatic rings. The highest BCUT2D eigenvalue weighted by molar-refractivity contribution is 7.71. The van der Waals surface area contributed by atoms with Gasteiger partial charge in [-0.05, 0) is 54.7 Å². The average molecular weight is 379 g/mol. The summed E-state index contributed by atoms with van der Waals surface area (Å²) in [7, 11) is 5.66. The molecule has 27 heavy (non-hydrogen) atoms. The molecule has 2 aromatic carbocycles. The van der Waals surface area contributed by atoms with Crippen molar-refractivity contribution in [3.05, 3.63) is 64.9 Å². The number of para-hydroxylation sites is 1. The normalized spacial score (nSPS) is 11.4. The lowest BCUT2D eigenvalue weighted by atomic mass is 10.2. The summed E-state index contributed by atoms with van der Waals surface area (Å²) in [4.78, 5) is 2.04. The zero-order chi connectivity index (χ0) is 19.2. The van der Waals surface area contributed by atoms with Crippen LogP contribution in [0.1, 0.15) is 5.56 Å². The summed E-state index contributed by atoms with van der Waals surface area (Å²) in [6, 6.07) is 15.8. The lowest BCUT2D eigenvalue weighted by Crippen LogP contribution is -2.08. The first kappa shape index (κ1) is 18.6. The van der Waals surface area contributed by atoms with Crippen LogP contribution >= 0.6 is 12.2 Å². The number of allylic oxidation sites excluding steroid dienone is 1. The van der Waals surface area contributed by atoms with Crippen molar-refractivity contribution in [3.8, 4) is 17.1 Å². The molecule has 0 radical (unpaired) electrons. The summed E-state index contributed by atoms with van der Waals surface area (Å²) < 4.78 is 7.37. The number of hydrogen-bond acceptors (Lipinski definition) is 5. The van der Waals surface area contributed by atoms with E-state index in [0.717, 1.165) is 22.6 Å². The summed E-state index contributed by atoms with van der Waals surface area (Å²) in [6.07, 6.45) is 5.44. The molecule has 0 aliphatic carbocycles. The van der Waals surface area contributed by atoms with Crippen molar-refractivity contribution in [1.29, 1.82) is 0 Å². The molecule has 0 saturated heterocycles. The minimum absolute atomic E-state index is 0.434. The topological polar surface area (TPSA) is 58.4 Å². The Morgan fingerprint density at radius 1 is 1.15 bits per heavy atom. The number of hydrogen-bond donors (Lipinski definition) is 1. The second-order valence-electron chi connectivity index (χ2n) is 5.97. The van der Waals surface area contributed by atoms with Crippen LogP contribution in [0, 0.1) is 4.77 Å². The molecule has 0 unspecified atom stereocenters. The molecule has 0 amide bonds. The van der Waals surface area contributed by atoms with E-state index < -0.39 is 0 Å². The molecule has 1 heterocycles. The smallest absolute Gasteiger partial charge is 0.216 e. The van der Waals surface area contributed by atoms with Crippen LogP contribution in [-0.2, 0) is 0 Å². The van der Waals surface area contributed by atoms with Crippen molar-refractivity contribution in [2.45, 2.75) is 0 Å². The Balaban J connectivity index is 1.83. The van der Waals surface area contributed by atoms with Crippen LogP contribution in [0.2, 0.25) is 0 Å². The Morgan fingerprint density at radius 3 is 2.59 bits per heavy atom. The van der Waals surface area contributed by atoms with Gasteiger partial charge in [0.2, 0.25) is 4.77 Å². The molecular formula is C20H21N5OS. The van der Waals surface area contributed by atoms with Crippen LogP contribution in [0.15, 0.2) is 59.7 Å². The third-order valence-electron chi connectivity index (χ3n) is 3.98. The summed E-state index contributed by atoms with van der Waals surface area (Å²) in [6.45, 7) is 0. The second kappa shape index (κ2) is 8.46. The Morgan fingerprint density at radius 2 is 1.89 bits per heavy atom. The maximum absolute atomic E-state index is 5.33. The highest BCUT2D eigenvalue weighted by Gasteiger charge is 2.08. The van der Waals surface area contributed by atoms with E-state index in [0.29, 0.717) is 10.6 Å². The number of nitrogens with one attached hydrogen (secondary N) is 1. The average Bonchev–Trinajstić information content (AvgIpc) is 3.06. The zero-order valence-electron chi connectivity index (χ0n) is 15.5. The number of nitrogens with zero attached hydrogens (tertiary/aromatic N) is 4. The summed E-state index contributed by atoms with van der Waals surface area (Å²) in [5.74, 6) is 1.47. The van der Waals surface area contributed by atoms with Gasteiger partial charge in [-0.15, -0.1) is 0 Å². The number of methoxy groups -OCH3 is 1. The highest BCUT2D eigenvalue weighted by Crippen LogP contribution is 2.21. The van der Waals surface area contributed by atoms with Gasteiger partial charge in [-0.25, -0.2) is 5.10 Å². The predicted octanol–water partition coefficient (Wildman–Crippen LogP) is 4.23. The molecule has 0 spiro atoms. The maximum Gasteiger partial charge on any atom is 0.216 e. The van der Waals surface area contributed by atoms with Gasteiger partial charge in [0.15, 0.2) is 5.82 Å². The molecular weight excluding hydrogens is 358 g/mol. The van der Waals surface area contributed by atoms with Crippen LogP contribution in [0.3, 0.4) is 0 Å². The van der Waals surface area contributed by atoms with Crippen molar-refractivity contribution >= 4 is 30.2 Å². The monoisotopic (exact) mass is 379 g/mol. The van der Waals surface area contributed by atoms with Crippen molar-refractivity contribution in [3.63, 3.8) is 0 Å². The van der Waals surface area contributed by atoms with Gasteiger partial charge in [0.25, 0.3) is 0 Å². The number of rotatable bonds is 6. The molecule has 0 fully saturated rings. The molecule has 3 aromatic rings. The van der Waals surface area contributed by atoms with E-state index in [9.17, 15) is 0 Å². The summed E-state index contributed by atoms with van der Waals surface area (Å²) >= 11 is 5.30. The van der Waals surface area contributed by atoms with Crippen LogP contribution in [0.4, 0.5) is 5.69 Å². The Kier molecular flexibility index (Phi) is 5.83. The Bertz CT molecular complexity index is 1020. The van der Waals surface area contributed by atoms with Crippen LogP contribution < -0.4 is 9.64 Å². The van der Waals surface area contributed by atoms with Crippen LogP contribution in [0.5, 0.6) is 5.75 Å². The van der Waals surface area contributed by atoms with Gasteiger partial charge >= 0.3 is 0 Å². The SMILES string of the molecule is COc1ccccc1C=CC=Nn1c(-c2ccc(N(C)C)cc2)n[nH]c1=S. The van der Waals surface area contributed by atoms with Crippen molar-refractivity contribution < 1.29 is 4.74 Å². The fourth-order valence-electron chi connectivity index (χ4n) is 2.55. The first-order valence-electron chi connectivity index (χ1n) is 8.39. The molecule has 0 aliphatic heterocycles. The largest absolute Gasteiger partial charge is 0.496 e. The van der Waals surface area contributed by atoms with E-state index in [-0.39, 0.29) is 0 Å². The Labute approximate surface area is 163 Å². The fourth-order valence-corrected chi connectivity index (χ4v) is 2.73. The molecule has 1 aromatic heterocycles. The lowest BCUT2D eigenvalue weighted by Gasteiger charge is -2.12. The van der Waals surface area contributed by atoms with Gasteiger partial charge < -0.3 is 9.64 Å². The first-order chi connectivity index (χ1) is 13.1. The van der Waals surface area contributed by atoms with Crippen molar-refractivity contribution in [2.24, 2.45) is 5.10 Å². The highest BCUT2D eigenvalue weighted by atomic mass is 32.1. The molecule has 138 valence electrons. The number of ether oxygens (including phenoxy) is 1. The number of aromatic amines is 1. The van der Waals surface area contributed by atoms with Gasteiger partial charge in [0.1, 0.15) is 5.75 Å². The van der Waals surface area contributed by atoms with Gasteiger partial charge in [-0.3, -0.25) is 0 Å². The zero-order valence-corrected chi connectivity index (χ0v) is 16.3. The summed E-state index contributed by atoms with van der Waals surface area (Å²) in [5, 5.41) is 11.5. The van der Waals surface area contributed by atoms with Crippen LogP contribution in [0.25, 0.3) is 17.5 Å². The number of H-pyrrole nitrogens is 1. The van der Waals surface area contributed by atoms with Crippen molar-refractivity contribution in [2.75, 3.05) is 26.1 Å². The minimum atomic E-state index is 0.434. The second-order valence-corrected chi connectivity index (χ2v) is 6.36. The van der Waals surface area contributed by atoms with E-state index in [2.05, 4.69) is 15.3 Å². The number of aromatic nitrogens is 3. The lowest BCUT2D eigenvalue weighted by molar-refractivity contribution is 0.414. The summed E-state index contributed by atoms with van der Waals surface area (Å²) in [5.41, 5.74) is 3.02. The first-order valence-corrected chi connectivity index (χ1v) is 8.80. The van der Waals surface area contributed by atoms with Gasteiger partial charge in [0.05, 0.1) is 7.11 Å². The third kappa shape index (κ3) is 4.32. The molecule has 0 atom stereocenters. The van der Waals surface area contributed by atoms with Gasteiger partial charge in [-0.2, -0.15) is 14.9 Å². The molecule has 1 N–H and O–H groups in total. The molecule has 3 rings (SSSR count). The van der Waals surface area contributed by atoms with E-state index in [1.807, 2.05) is 79.7 Å². The predicted molar refractivity (Wildman–Crippen MR) is 113 cm³/mol. The van der Waals surface area contributed by atoms with E-state index in [1.165, 1.54) is 0 Å². The molecule has 0 bridgehead atoms.